The molecule has 140 valence electrons. The monoisotopic (exact) mass is 367 g/mol. The van der Waals surface area contributed by atoms with Gasteiger partial charge in [0.1, 0.15) is 5.54 Å². The molecule has 0 aliphatic carbocycles. The lowest BCUT2D eigenvalue weighted by Gasteiger charge is -2.38. The molecule has 4 rings (SSSR count). The molecule has 0 amide bonds. The van der Waals surface area contributed by atoms with Gasteiger partial charge >= 0.3 is 0 Å². The topological polar surface area (TPSA) is 43.8 Å². The Morgan fingerprint density at radius 1 is 0.750 bits per heavy atom. The van der Waals surface area contributed by atoms with Crippen LogP contribution in [-0.4, -0.2) is 9.55 Å². The Kier molecular flexibility index (Phi) is 4.84. The van der Waals surface area contributed by atoms with Crippen molar-refractivity contribution in [1.82, 2.24) is 9.55 Å². The quantitative estimate of drug-likeness (QED) is 0.502. The molecule has 4 aromatic rings. The van der Waals surface area contributed by atoms with E-state index in [-0.39, 0.29) is 6.04 Å². The van der Waals surface area contributed by atoms with Gasteiger partial charge in [0.15, 0.2) is 0 Å². The molecule has 2 N–H and O–H groups in total. The second kappa shape index (κ2) is 7.45. The Hall–Kier alpha value is -3.17. The van der Waals surface area contributed by atoms with Crippen LogP contribution < -0.4 is 5.73 Å². The highest BCUT2D eigenvalue weighted by molar-refractivity contribution is 5.51. The first-order valence-electron chi connectivity index (χ1n) is 9.62. The van der Waals surface area contributed by atoms with Gasteiger partial charge < -0.3 is 10.3 Å². The van der Waals surface area contributed by atoms with Gasteiger partial charge in [0.25, 0.3) is 0 Å². The lowest BCUT2D eigenvalue weighted by molar-refractivity contribution is 0.502. The van der Waals surface area contributed by atoms with E-state index in [1.54, 1.807) is 0 Å². The summed E-state index contributed by atoms with van der Waals surface area (Å²) in [5, 5.41) is 0. The summed E-state index contributed by atoms with van der Waals surface area (Å²) in [6.07, 6.45) is 1.93. The van der Waals surface area contributed by atoms with Crippen LogP contribution in [0.1, 0.15) is 41.0 Å². The number of benzene rings is 3. The van der Waals surface area contributed by atoms with Crippen LogP contribution in [0.2, 0.25) is 0 Å². The molecule has 0 spiro atoms. The second-order valence-corrected chi connectivity index (χ2v) is 7.18. The Morgan fingerprint density at radius 2 is 1.14 bits per heavy atom. The number of nitrogens with two attached hydrogens (primary N) is 1. The van der Waals surface area contributed by atoms with Crippen molar-refractivity contribution in [2.24, 2.45) is 5.73 Å². The van der Waals surface area contributed by atoms with E-state index in [9.17, 15) is 0 Å². The summed E-state index contributed by atoms with van der Waals surface area (Å²) in [5.41, 5.74) is 11.2. The lowest BCUT2D eigenvalue weighted by Crippen LogP contribution is -2.38. The zero-order valence-corrected chi connectivity index (χ0v) is 16.3. The van der Waals surface area contributed by atoms with E-state index in [1.807, 2.05) is 13.3 Å². The zero-order valence-electron chi connectivity index (χ0n) is 16.3. The van der Waals surface area contributed by atoms with Crippen LogP contribution in [0.4, 0.5) is 0 Å². The number of hydrogen-bond acceptors (Lipinski definition) is 2. The molecule has 0 radical (unpaired) electrons. The number of imidazole rings is 1. The van der Waals surface area contributed by atoms with Gasteiger partial charge in [-0.1, -0.05) is 91.0 Å². The van der Waals surface area contributed by atoms with Gasteiger partial charge in [-0.2, -0.15) is 0 Å². The van der Waals surface area contributed by atoms with Crippen molar-refractivity contribution in [3.63, 3.8) is 0 Å². The summed E-state index contributed by atoms with van der Waals surface area (Å²) in [7, 11) is 0. The van der Waals surface area contributed by atoms with E-state index >= 15 is 0 Å². The molecular formula is C25H25N3. The maximum Gasteiger partial charge on any atom is 0.121 e. The number of aromatic nitrogens is 2. The minimum atomic E-state index is -0.534. The molecule has 0 bridgehead atoms. The van der Waals surface area contributed by atoms with Crippen LogP contribution in [0.15, 0.2) is 97.3 Å². The molecule has 1 heterocycles. The summed E-state index contributed by atoms with van der Waals surface area (Å²) in [6, 6.07) is 31.7. The molecule has 0 unspecified atom stereocenters. The van der Waals surface area contributed by atoms with Gasteiger partial charge in [0, 0.05) is 11.7 Å². The normalized spacial score (nSPS) is 12.7. The smallest absolute Gasteiger partial charge is 0.121 e. The third-order valence-electron chi connectivity index (χ3n) is 5.41. The van der Waals surface area contributed by atoms with E-state index in [4.69, 9.17) is 10.7 Å². The molecule has 0 fully saturated rings. The highest BCUT2D eigenvalue weighted by Crippen LogP contribution is 2.42. The Labute approximate surface area is 166 Å². The molecule has 3 nitrogen and oxygen atoms in total. The summed E-state index contributed by atoms with van der Waals surface area (Å²) < 4.78 is 2.27. The average Bonchev–Trinajstić information content (AvgIpc) is 3.13. The molecule has 1 atom stereocenters. The van der Waals surface area contributed by atoms with E-state index < -0.39 is 5.54 Å². The van der Waals surface area contributed by atoms with Crippen LogP contribution >= 0.6 is 0 Å². The Morgan fingerprint density at radius 3 is 1.46 bits per heavy atom. The van der Waals surface area contributed by atoms with Crippen molar-refractivity contribution in [3.05, 3.63) is 125 Å². The van der Waals surface area contributed by atoms with Crippen LogP contribution in [0.25, 0.3) is 0 Å². The Balaban J connectivity index is 2.14. The minimum Gasteiger partial charge on any atom is -0.323 e. The first-order chi connectivity index (χ1) is 13.7. The van der Waals surface area contributed by atoms with Crippen LogP contribution in [0.5, 0.6) is 0 Å². The molecule has 0 aliphatic heterocycles. The molecule has 0 aliphatic rings. The third-order valence-corrected chi connectivity index (χ3v) is 5.41. The van der Waals surface area contributed by atoms with Crippen LogP contribution in [-0.2, 0) is 5.54 Å². The Bertz CT molecular complexity index is 938. The van der Waals surface area contributed by atoms with Crippen molar-refractivity contribution >= 4 is 0 Å². The van der Waals surface area contributed by atoms with E-state index in [2.05, 4.69) is 102 Å². The third kappa shape index (κ3) is 2.85. The first kappa shape index (κ1) is 18.2. The summed E-state index contributed by atoms with van der Waals surface area (Å²) in [6.45, 7) is 4.09. The number of nitrogens with zero attached hydrogens (tertiary/aromatic N) is 2. The standard InChI is InChI=1S/C25H25N3/c1-19(26)24-20(2)28(18-27-24)25(21-12-6-3-7-13-21,22-14-8-4-9-15-22)23-16-10-5-11-17-23/h3-19H,26H2,1-2H3/t19-/m1/s1. The average molecular weight is 367 g/mol. The molecule has 1 aromatic heterocycles. The van der Waals surface area contributed by atoms with Gasteiger partial charge in [0.2, 0.25) is 0 Å². The minimum absolute atomic E-state index is 0.124. The number of rotatable bonds is 5. The maximum absolute atomic E-state index is 6.21. The second-order valence-electron chi connectivity index (χ2n) is 7.18. The molecule has 3 heteroatoms. The lowest BCUT2D eigenvalue weighted by atomic mass is 9.76. The van der Waals surface area contributed by atoms with Crippen molar-refractivity contribution in [3.8, 4) is 0 Å². The van der Waals surface area contributed by atoms with Gasteiger partial charge in [-0.05, 0) is 30.5 Å². The largest absolute Gasteiger partial charge is 0.323 e. The highest BCUT2D eigenvalue weighted by Gasteiger charge is 2.39. The van der Waals surface area contributed by atoms with Gasteiger partial charge in [0.05, 0.1) is 12.0 Å². The van der Waals surface area contributed by atoms with Crippen molar-refractivity contribution in [2.45, 2.75) is 25.4 Å². The van der Waals surface area contributed by atoms with E-state index in [0.29, 0.717) is 0 Å². The molecule has 3 aromatic carbocycles. The van der Waals surface area contributed by atoms with E-state index in [1.165, 1.54) is 16.7 Å². The summed E-state index contributed by atoms with van der Waals surface area (Å²) >= 11 is 0. The highest BCUT2D eigenvalue weighted by atomic mass is 15.1. The predicted molar refractivity (Wildman–Crippen MR) is 114 cm³/mol. The van der Waals surface area contributed by atoms with Crippen LogP contribution in [0, 0.1) is 6.92 Å². The van der Waals surface area contributed by atoms with Gasteiger partial charge in [-0.15, -0.1) is 0 Å². The zero-order chi connectivity index (χ0) is 19.6. The maximum atomic E-state index is 6.21. The fourth-order valence-corrected chi connectivity index (χ4v) is 4.16. The SMILES string of the molecule is Cc1c([C@@H](C)N)ncn1C(c1ccccc1)(c1ccccc1)c1ccccc1. The first-order valence-corrected chi connectivity index (χ1v) is 9.62. The molecule has 0 saturated carbocycles. The molecule has 0 saturated heterocycles. The number of hydrogen-bond donors (Lipinski definition) is 1. The van der Waals surface area contributed by atoms with Gasteiger partial charge in [-0.3, -0.25) is 0 Å². The fraction of sp³-hybridized carbons (Fsp3) is 0.160. The van der Waals surface area contributed by atoms with E-state index in [0.717, 1.165) is 11.4 Å². The summed E-state index contributed by atoms with van der Waals surface area (Å²) in [5.74, 6) is 0. The van der Waals surface area contributed by atoms with Crippen LogP contribution in [0.3, 0.4) is 0 Å². The fourth-order valence-electron chi connectivity index (χ4n) is 4.16. The van der Waals surface area contributed by atoms with Gasteiger partial charge in [-0.25, -0.2) is 4.98 Å². The molecule has 28 heavy (non-hydrogen) atoms. The molecular weight excluding hydrogens is 342 g/mol. The summed E-state index contributed by atoms with van der Waals surface area (Å²) in [4.78, 5) is 4.70. The van der Waals surface area contributed by atoms with Crippen molar-refractivity contribution < 1.29 is 0 Å². The predicted octanol–water partition coefficient (Wildman–Crippen LogP) is 5.05. The van der Waals surface area contributed by atoms with Crippen molar-refractivity contribution in [1.29, 1.82) is 0 Å². The van der Waals surface area contributed by atoms with Crippen molar-refractivity contribution in [2.75, 3.05) is 0 Å².